The molecule has 0 N–H and O–H groups in total. The maximum absolute atomic E-state index is 13.2. The van der Waals surface area contributed by atoms with E-state index in [-0.39, 0.29) is 17.5 Å². The van der Waals surface area contributed by atoms with Crippen LogP contribution in [0.3, 0.4) is 0 Å². The zero-order valence-corrected chi connectivity index (χ0v) is 10.7. The van der Waals surface area contributed by atoms with E-state index in [9.17, 15) is 4.39 Å². The lowest BCUT2D eigenvalue weighted by Gasteiger charge is -2.47. The van der Waals surface area contributed by atoms with Crippen LogP contribution in [0.1, 0.15) is 37.7 Å². The van der Waals surface area contributed by atoms with Crippen molar-refractivity contribution in [1.82, 2.24) is 0 Å². The fourth-order valence-corrected chi connectivity index (χ4v) is 2.88. The first kappa shape index (κ1) is 12.0. The fraction of sp³-hybridized carbons (Fsp3) is 0.600. The monoisotopic (exact) mass is 250 g/mol. The third kappa shape index (κ3) is 2.24. The molecule has 2 fully saturated rings. The molecule has 1 unspecified atom stereocenters. The van der Waals surface area contributed by atoms with Crippen molar-refractivity contribution in [2.24, 2.45) is 0 Å². The number of rotatable bonds is 2. The largest absolute Gasteiger partial charge is 0.490 e. The minimum absolute atomic E-state index is 0.0736. The van der Waals surface area contributed by atoms with Crippen molar-refractivity contribution in [3.63, 3.8) is 0 Å². The molecule has 0 aromatic heterocycles. The van der Waals surface area contributed by atoms with Crippen LogP contribution in [0.15, 0.2) is 18.2 Å². The summed E-state index contributed by atoms with van der Waals surface area (Å²) in [6.45, 7) is 2.71. The van der Waals surface area contributed by atoms with Crippen LogP contribution in [0.25, 0.3) is 0 Å². The Hall–Kier alpha value is -1.09. The van der Waals surface area contributed by atoms with Crippen LogP contribution in [0.4, 0.5) is 4.39 Å². The van der Waals surface area contributed by atoms with Crippen molar-refractivity contribution >= 4 is 0 Å². The minimum Gasteiger partial charge on any atom is -0.490 e. The van der Waals surface area contributed by atoms with Crippen molar-refractivity contribution in [3.8, 4) is 5.75 Å². The van der Waals surface area contributed by atoms with Gasteiger partial charge in [-0.3, -0.25) is 0 Å². The highest BCUT2D eigenvalue weighted by Gasteiger charge is 2.43. The Morgan fingerprint density at radius 2 is 2.22 bits per heavy atom. The van der Waals surface area contributed by atoms with E-state index in [1.165, 1.54) is 18.6 Å². The van der Waals surface area contributed by atoms with Gasteiger partial charge < -0.3 is 9.47 Å². The Bertz CT molecular complexity index is 440. The van der Waals surface area contributed by atoms with E-state index in [4.69, 9.17) is 9.47 Å². The minimum atomic E-state index is -0.235. The van der Waals surface area contributed by atoms with E-state index in [0.29, 0.717) is 5.75 Å². The molecule has 1 saturated heterocycles. The van der Waals surface area contributed by atoms with Crippen molar-refractivity contribution in [2.45, 2.75) is 50.7 Å². The molecule has 2 nitrogen and oxygen atoms in total. The van der Waals surface area contributed by atoms with Crippen molar-refractivity contribution in [1.29, 1.82) is 0 Å². The van der Waals surface area contributed by atoms with E-state index in [2.05, 4.69) is 0 Å². The molecule has 2 aliphatic rings. The van der Waals surface area contributed by atoms with Crippen LogP contribution in [-0.2, 0) is 4.74 Å². The van der Waals surface area contributed by atoms with E-state index < -0.39 is 0 Å². The summed E-state index contributed by atoms with van der Waals surface area (Å²) >= 11 is 0. The molecular weight excluding hydrogens is 231 g/mol. The molecule has 98 valence electrons. The quantitative estimate of drug-likeness (QED) is 0.798. The van der Waals surface area contributed by atoms with Crippen LogP contribution in [-0.4, -0.2) is 18.3 Å². The van der Waals surface area contributed by atoms with Crippen molar-refractivity contribution in [3.05, 3.63) is 29.6 Å². The van der Waals surface area contributed by atoms with Gasteiger partial charge in [0.25, 0.3) is 0 Å². The SMILES string of the molecule is Cc1ccc(F)cc1OC1CCOC2(CCC2)C1. The predicted octanol–water partition coefficient (Wildman–Crippen LogP) is 3.61. The summed E-state index contributed by atoms with van der Waals surface area (Å²) in [5.74, 6) is 0.442. The molecule has 1 aliphatic heterocycles. The average Bonchev–Trinajstić information content (AvgIpc) is 2.32. The summed E-state index contributed by atoms with van der Waals surface area (Å²) in [6, 6.07) is 4.72. The van der Waals surface area contributed by atoms with Gasteiger partial charge >= 0.3 is 0 Å². The topological polar surface area (TPSA) is 18.5 Å². The van der Waals surface area contributed by atoms with Crippen LogP contribution in [0, 0.1) is 12.7 Å². The van der Waals surface area contributed by atoms with Gasteiger partial charge in [-0.2, -0.15) is 0 Å². The number of aryl methyl sites for hydroxylation is 1. The van der Waals surface area contributed by atoms with Gasteiger partial charge in [0.05, 0.1) is 12.2 Å². The maximum atomic E-state index is 13.2. The summed E-state index contributed by atoms with van der Waals surface area (Å²) in [6.07, 6.45) is 5.57. The first-order chi connectivity index (χ1) is 8.67. The number of hydrogen-bond acceptors (Lipinski definition) is 2. The summed E-state index contributed by atoms with van der Waals surface area (Å²) in [5, 5.41) is 0. The Labute approximate surface area is 107 Å². The molecule has 1 atom stereocenters. The number of hydrogen-bond donors (Lipinski definition) is 0. The van der Waals surface area contributed by atoms with Crippen LogP contribution < -0.4 is 4.74 Å². The van der Waals surface area contributed by atoms with Gasteiger partial charge in [0.1, 0.15) is 17.7 Å². The highest BCUT2D eigenvalue weighted by atomic mass is 19.1. The summed E-state index contributed by atoms with van der Waals surface area (Å²) < 4.78 is 25.1. The van der Waals surface area contributed by atoms with E-state index in [1.807, 2.05) is 6.92 Å². The van der Waals surface area contributed by atoms with Gasteiger partial charge in [0.15, 0.2) is 0 Å². The second kappa shape index (κ2) is 4.54. The van der Waals surface area contributed by atoms with E-state index in [0.717, 1.165) is 37.9 Å². The summed E-state index contributed by atoms with van der Waals surface area (Å²) in [7, 11) is 0. The molecular formula is C15H19FO2. The summed E-state index contributed by atoms with van der Waals surface area (Å²) in [5.41, 5.74) is 1.06. The Morgan fingerprint density at radius 3 is 2.94 bits per heavy atom. The molecule has 0 bridgehead atoms. The average molecular weight is 250 g/mol. The normalized spacial score (nSPS) is 25.8. The number of ether oxygens (including phenoxy) is 2. The zero-order valence-electron chi connectivity index (χ0n) is 10.7. The smallest absolute Gasteiger partial charge is 0.126 e. The lowest BCUT2D eigenvalue weighted by atomic mass is 9.74. The molecule has 0 amide bonds. The van der Waals surface area contributed by atoms with E-state index >= 15 is 0 Å². The second-order valence-electron chi connectivity index (χ2n) is 5.53. The van der Waals surface area contributed by atoms with Crippen LogP contribution in [0.5, 0.6) is 5.75 Å². The van der Waals surface area contributed by atoms with Crippen molar-refractivity contribution < 1.29 is 13.9 Å². The fourth-order valence-electron chi connectivity index (χ4n) is 2.88. The van der Waals surface area contributed by atoms with Crippen LogP contribution in [0.2, 0.25) is 0 Å². The van der Waals surface area contributed by atoms with Gasteiger partial charge in [-0.05, 0) is 37.8 Å². The first-order valence-corrected chi connectivity index (χ1v) is 6.74. The van der Waals surface area contributed by atoms with Gasteiger partial charge in [0.2, 0.25) is 0 Å². The third-order valence-corrected chi connectivity index (χ3v) is 4.16. The number of benzene rings is 1. The van der Waals surface area contributed by atoms with Gasteiger partial charge in [-0.25, -0.2) is 4.39 Å². The zero-order chi connectivity index (χ0) is 12.6. The van der Waals surface area contributed by atoms with Gasteiger partial charge in [-0.15, -0.1) is 0 Å². The highest BCUT2D eigenvalue weighted by molar-refractivity contribution is 5.32. The standard InChI is InChI=1S/C15H19FO2/c1-11-3-4-12(16)9-14(11)18-13-5-8-17-15(10-13)6-2-7-15/h3-4,9,13H,2,5-8,10H2,1H3. The Balaban J connectivity index is 1.70. The molecule has 1 heterocycles. The molecule has 18 heavy (non-hydrogen) atoms. The maximum Gasteiger partial charge on any atom is 0.126 e. The second-order valence-corrected chi connectivity index (χ2v) is 5.53. The summed E-state index contributed by atoms with van der Waals surface area (Å²) in [4.78, 5) is 0. The van der Waals surface area contributed by atoms with Gasteiger partial charge in [0, 0.05) is 18.9 Å². The molecule has 3 heteroatoms. The molecule has 3 rings (SSSR count). The molecule has 1 saturated carbocycles. The molecule has 1 spiro atoms. The molecule has 1 aromatic rings. The van der Waals surface area contributed by atoms with Crippen molar-refractivity contribution in [2.75, 3.05) is 6.61 Å². The van der Waals surface area contributed by atoms with Gasteiger partial charge in [-0.1, -0.05) is 6.07 Å². The Kier molecular flexibility index (Phi) is 3.02. The first-order valence-electron chi connectivity index (χ1n) is 6.74. The number of halogens is 1. The molecule has 0 radical (unpaired) electrons. The lowest BCUT2D eigenvalue weighted by Crippen LogP contribution is -2.48. The van der Waals surface area contributed by atoms with E-state index in [1.54, 1.807) is 6.07 Å². The van der Waals surface area contributed by atoms with Crippen LogP contribution >= 0.6 is 0 Å². The predicted molar refractivity (Wildman–Crippen MR) is 67.3 cm³/mol. The highest BCUT2D eigenvalue weighted by Crippen LogP contribution is 2.43. The molecule has 1 aliphatic carbocycles. The lowest BCUT2D eigenvalue weighted by molar-refractivity contribution is -0.153. The Morgan fingerprint density at radius 1 is 1.39 bits per heavy atom. The third-order valence-electron chi connectivity index (χ3n) is 4.16. The molecule has 1 aromatic carbocycles.